The third-order valence-electron chi connectivity index (χ3n) is 28.6. The highest BCUT2D eigenvalue weighted by Crippen LogP contribution is 2.55. The van der Waals surface area contributed by atoms with Gasteiger partial charge in [-0.1, -0.05) is 367 Å². The number of benzene rings is 20. The Kier molecular flexibility index (Phi) is 17.7. The lowest BCUT2D eigenvalue weighted by molar-refractivity contribution is 0.666. The van der Waals surface area contributed by atoms with Crippen LogP contribution in [0.3, 0.4) is 0 Å². The van der Waals surface area contributed by atoms with E-state index < -0.39 is 0 Å². The number of furan rings is 1. The van der Waals surface area contributed by atoms with E-state index in [0.717, 1.165) is 152 Å². The van der Waals surface area contributed by atoms with Crippen molar-refractivity contribution >= 4 is 97.7 Å². The van der Waals surface area contributed by atoms with Crippen molar-refractivity contribution < 1.29 is 4.42 Å². The molecule has 0 unspecified atom stereocenters. The van der Waals surface area contributed by atoms with E-state index in [1.807, 2.05) is 18.2 Å². The van der Waals surface area contributed by atoms with Crippen LogP contribution >= 0.6 is 0 Å². The standard InChI is InChI=1S/C45H32N2.C41H24N2O.C40H28N2/c1-45(2)40-17-8-6-15-37(40)38-26-23-33-28-34(24-25-36(33)42(38)45)43-39-16-7-9-18-41(39)46-44(47-43)35-14-10-13-32(27-35)31-21-19-30(20-22-31)29-11-4-3-5-12-29;1-2-8-29-24(7-1)23-36-30-17-15-27(21-25(30)13-19-32(29)36)39-35-10-3-5-11-37(35)42-41(43-39)28-16-18-31-26(22-28)14-20-34-33-9-4-6-12-38(33)44-40(31)34;1-40(2)35-13-7-5-11-32(35)33-20-15-25-21-26(16-19-31(25)37(33)40)38-34-12-6-8-14-36(34)41-39(42-38)27-17-18-30-28(23-27)22-24-9-3-4-10-29(24)30/h3-28H,1-2H3;1-22H,23H2;3-21,23H,22H2,1-2H3. The zero-order chi connectivity index (χ0) is 88.3. The highest BCUT2D eigenvalue weighted by Gasteiger charge is 2.39. The van der Waals surface area contributed by atoms with Gasteiger partial charge in [0.05, 0.1) is 33.6 Å². The van der Waals surface area contributed by atoms with Crippen LogP contribution in [-0.4, -0.2) is 29.9 Å². The van der Waals surface area contributed by atoms with E-state index in [0.29, 0.717) is 0 Å². The number of hydrogen-bond acceptors (Lipinski definition) is 7. The fourth-order valence-electron chi connectivity index (χ4n) is 22.2. The lowest BCUT2D eigenvalue weighted by atomic mass is 9.80. The Bertz CT molecular complexity index is 9030. The van der Waals surface area contributed by atoms with Gasteiger partial charge < -0.3 is 4.42 Å². The van der Waals surface area contributed by atoms with Crippen LogP contribution in [0.1, 0.15) is 72.2 Å². The first kappa shape index (κ1) is 77.4. The number of nitrogens with zero attached hydrogens (tertiary/aromatic N) is 6. The Labute approximate surface area is 769 Å². The molecule has 24 aromatic rings. The molecule has 28 rings (SSSR count). The number of fused-ring (bicyclic) bond motifs is 26. The van der Waals surface area contributed by atoms with Crippen molar-refractivity contribution in [2.45, 2.75) is 51.4 Å². The molecule has 0 bridgehead atoms. The van der Waals surface area contributed by atoms with E-state index in [2.05, 4.69) is 422 Å². The molecule has 0 amide bonds. The molecule has 0 N–H and O–H groups in total. The highest BCUT2D eigenvalue weighted by molar-refractivity contribution is 6.16. The summed E-state index contributed by atoms with van der Waals surface area (Å²) >= 11 is 0. The summed E-state index contributed by atoms with van der Waals surface area (Å²) in [7, 11) is 0. The van der Waals surface area contributed by atoms with E-state index in [9.17, 15) is 0 Å². The topological polar surface area (TPSA) is 90.5 Å². The average molecular weight is 1700 g/mol. The molecule has 0 aliphatic heterocycles. The molecule has 624 valence electrons. The van der Waals surface area contributed by atoms with E-state index in [1.165, 1.54) is 138 Å². The first-order chi connectivity index (χ1) is 65.4. The summed E-state index contributed by atoms with van der Waals surface area (Å²) < 4.78 is 6.30. The van der Waals surface area contributed by atoms with Gasteiger partial charge in [0.1, 0.15) is 11.2 Å². The van der Waals surface area contributed by atoms with Gasteiger partial charge in [0.15, 0.2) is 17.5 Å². The summed E-state index contributed by atoms with van der Waals surface area (Å²) in [4.78, 5) is 30.9. The maximum atomic E-state index is 6.30. The molecule has 4 aliphatic carbocycles. The maximum absolute atomic E-state index is 6.30. The van der Waals surface area contributed by atoms with Crippen molar-refractivity contribution in [3.05, 3.63) is 457 Å². The minimum absolute atomic E-state index is 0.0467. The lowest BCUT2D eigenvalue weighted by Crippen LogP contribution is -2.15. The Morgan fingerprint density at radius 3 is 1.15 bits per heavy atom. The van der Waals surface area contributed by atoms with Crippen LogP contribution in [0.4, 0.5) is 0 Å². The molecule has 0 saturated carbocycles. The highest BCUT2D eigenvalue weighted by atomic mass is 16.3. The molecule has 7 heteroatoms. The van der Waals surface area contributed by atoms with Gasteiger partial charge >= 0.3 is 0 Å². The van der Waals surface area contributed by atoms with E-state index >= 15 is 0 Å². The third-order valence-corrected chi connectivity index (χ3v) is 28.6. The minimum Gasteiger partial charge on any atom is -0.455 e. The molecule has 133 heavy (non-hydrogen) atoms. The average Bonchev–Trinajstić information content (AvgIpc) is 1.58. The molecule has 0 radical (unpaired) electrons. The second kappa shape index (κ2) is 30.5. The van der Waals surface area contributed by atoms with Crippen LogP contribution in [0.25, 0.3) is 232 Å². The molecule has 4 aromatic heterocycles. The van der Waals surface area contributed by atoms with Crippen LogP contribution in [0.2, 0.25) is 0 Å². The first-order valence-electron chi connectivity index (χ1n) is 46.0. The largest absolute Gasteiger partial charge is 0.455 e. The predicted molar refractivity (Wildman–Crippen MR) is 551 cm³/mol. The van der Waals surface area contributed by atoms with Crippen LogP contribution in [-0.2, 0) is 23.7 Å². The van der Waals surface area contributed by atoms with Gasteiger partial charge in [-0.2, -0.15) is 0 Å². The minimum atomic E-state index is -0.0609. The van der Waals surface area contributed by atoms with Gasteiger partial charge in [-0.25, -0.2) is 29.9 Å². The zero-order valence-corrected chi connectivity index (χ0v) is 73.8. The monoisotopic (exact) mass is 1700 g/mol. The molecule has 7 nitrogen and oxygen atoms in total. The molecule has 4 heterocycles. The molecule has 4 aliphatic rings. The smallest absolute Gasteiger partial charge is 0.160 e. The number of aromatic nitrogens is 6. The molecule has 0 saturated heterocycles. The summed E-state index contributed by atoms with van der Waals surface area (Å²) in [5.74, 6) is 2.22. The SMILES string of the molecule is CC1(C)c2ccccc2-c2ccc3cc(-c4nc(-c5ccc6c(c5)Cc5ccccc5-6)nc5ccccc45)ccc3c21.CC1(C)c2ccccc2-c2ccc3cc(-c4nc(-c5cccc(-c6ccc(-c7ccccc7)cc6)c5)nc5ccccc45)ccc3c21.c1ccc2c(c1)Cc1c-2ccc2cc(-c3nc(-c4ccc5c(ccc6c7ccccc7oc56)c4)nc4ccccc34)ccc12. The van der Waals surface area contributed by atoms with E-state index in [-0.39, 0.29) is 10.8 Å². The quantitative estimate of drug-likeness (QED) is 0.150. The van der Waals surface area contributed by atoms with E-state index in [4.69, 9.17) is 34.3 Å². The molecule has 0 fully saturated rings. The van der Waals surface area contributed by atoms with Crippen LogP contribution < -0.4 is 0 Å². The number of rotatable bonds is 8. The second-order valence-corrected chi connectivity index (χ2v) is 37.0. The second-order valence-electron chi connectivity index (χ2n) is 37.0. The van der Waals surface area contributed by atoms with Crippen LogP contribution in [0.15, 0.2) is 417 Å². The van der Waals surface area contributed by atoms with Gasteiger partial charge in [0.2, 0.25) is 0 Å². The summed E-state index contributed by atoms with van der Waals surface area (Å²) in [6.07, 6.45) is 1.93. The summed E-state index contributed by atoms with van der Waals surface area (Å²) in [5.41, 5.74) is 40.5. The van der Waals surface area contributed by atoms with Gasteiger partial charge in [0, 0.05) is 76.5 Å². The lowest BCUT2D eigenvalue weighted by Gasteiger charge is -2.23. The maximum Gasteiger partial charge on any atom is 0.160 e. The third kappa shape index (κ3) is 12.8. The Morgan fingerprint density at radius 2 is 0.571 bits per heavy atom. The van der Waals surface area contributed by atoms with Gasteiger partial charge in [0.25, 0.3) is 0 Å². The first-order valence-corrected chi connectivity index (χ1v) is 46.0. The van der Waals surface area contributed by atoms with Crippen LogP contribution in [0.5, 0.6) is 0 Å². The zero-order valence-electron chi connectivity index (χ0n) is 73.8. The number of para-hydroxylation sites is 4. The Balaban J connectivity index is 0.000000104. The summed E-state index contributed by atoms with van der Waals surface area (Å²) in [6.45, 7) is 9.40. The van der Waals surface area contributed by atoms with Crippen LogP contribution in [0, 0.1) is 0 Å². The predicted octanol–water partition coefficient (Wildman–Crippen LogP) is 32.5. The van der Waals surface area contributed by atoms with Crippen molar-refractivity contribution in [2.75, 3.05) is 0 Å². The molecular formula is C126H84N6O. The fraction of sp³-hybridized carbons (Fsp3) is 0.0635. The van der Waals surface area contributed by atoms with Crippen molar-refractivity contribution in [1.82, 2.24) is 29.9 Å². The molecule has 20 aromatic carbocycles. The Hall–Kier alpha value is -16.7. The Morgan fingerprint density at radius 1 is 0.211 bits per heavy atom. The van der Waals surface area contributed by atoms with Gasteiger partial charge in [-0.15, -0.1) is 0 Å². The molecular weight excluding hydrogens is 1610 g/mol. The van der Waals surface area contributed by atoms with Crippen molar-refractivity contribution in [3.63, 3.8) is 0 Å². The van der Waals surface area contributed by atoms with Crippen molar-refractivity contribution in [1.29, 1.82) is 0 Å². The molecule has 0 spiro atoms. The van der Waals surface area contributed by atoms with Crippen molar-refractivity contribution in [3.8, 4) is 135 Å². The fourth-order valence-corrected chi connectivity index (χ4v) is 22.2. The van der Waals surface area contributed by atoms with Gasteiger partial charge in [-0.3, -0.25) is 0 Å². The summed E-state index contributed by atoms with van der Waals surface area (Å²) in [6, 6.07) is 148. The normalized spacial score (nSPS) is 13.2. The summed E-state index contributed by atoms with van der Waals surface area (Å²) in [5, 5.41) is 15.3. The van der Waals surface area contributed by atoms with Gasteiger partial charge in [-0.05, 0) is 235 Å². The van der Waals surface area contributed by atoms with E-state index in [1.54, 1.807) is 0 Å². The molecule has 0 atom stereocenters. The number of hydrogen-bond donors (Lipinski definition) is 0. The van der Waals surface area contributed by atoms with Crippen molar-refractivity contribution in [2.24, 2.45) is 0 Å².